The van der Waals surface area contributed by atoms with Gasteiger partial charge in [-0.05, 0) is 37.9 Å². The molecule has 0 spiro atoms. The van der Waals surface area contributed by atoms with Crippen LogP contribution in [0, 0.1) is 5.82 Å². The molecule has 3 nitrogen and oxygen atoms in total. The molecule has 0 radical (unpaired) electrons. The van der Waals surface area contributed by atoms with Crippen LogP contribution in [-0.2, 0) is 11.2 Å². The highest BCUT2D eigenvalue weighted by atomic mass is 35.5. The van der Waals surface area contributed by atoms with Crippen molar-refractivity contribution in [1.82, 2.24) is 4.90 Å². The monoisotopic (exact) mass is 271 g/mol. The maximum Gasteiger partial charge on any atom is 0.320 e. The van der Waals surface area contributed by atoms with Gasteiger partial charge < -0.3 is 5.11 Å². The van der Waals surface area contributed by atoms with Gasteiger partial charge in [-0.1, -0.05) is 17.7 Å². The Morgan fingerprint density at radius 1 is 1.56 bits per heavy atom. The van der Waals surface area contributed by atoms with Gasteiger partial charge in [-0.3, -0.25) is 9.69 Å². The zero-order chi connectivity index (χ0) is 13.1. The summed E-state index contributed by atoms with van der Waals surface area (Å²) in [6, 6.07) is 4.16. The molecule has 5 heteroatoms. The van der Waals surface area contributed by atoms with Gasteiger partial charge in [-0.15, -0.1) is 0 Å². The van der Waals surface area contributed by atoms with E-state index >= 15 is 0 Å². The summed E-state index contributed by atoms with van der Waals surface area (Å²) >= 11 is 5.94. The molecule has 0 aliphatic carbocycles. The van der Waals surface area contributed by atoms with Crippen LogP contribution in [0.5, 0.6) is 0 Å². The summed E-state index contributed by atoms with van der Waals surface area (Å²) in [6.45, 7) is 1.28. The lowest BCUT2D eigenvalue weighted by molar-refractivity contribution is -0.142. The highest BCUT2D eigenvalue weighted by Gasteiger charge is 2.30. The Morgan fingerprint density at radius 3 is 3.00 bits per heavy atom. The van der Waals surface area contributed by atoms with Gasteiger partial charge >= 0.3 is 5.97 Å². The van der Waals surface area contributed by atoms with Crippen LogP contribution in [0.25, 0.3) is 0 Å². The van der Waals surface area contributed by atoms with Crippen molar-refractivity contribution in [2.75, 3.05) is 13.1 Å². The summed E-state index contributed by atoms with van der Waals surface area (Å²) in [5, 5.41) is 9.45. The molecular formula is C13H15ClFNO2. The fraction of sp³-hybridized carbons (Fsp3) is 0.462. The summed E-state index contributed by atoms with van der Waals surface area (Å²) < 4.78 is 13.6. The van der Waals surface area contributed by atoms with Gasteiger partial charge in [0, 0.05) is 17.1 Å². The van der Waals surface area contributed by atoms with Crippen LogP contribution in [0.4, 0.5) is 4.39 Å². The molecular weight excluding hydrogens is 257 g/mol. The van der Waals surface area contributed by atoms with E-state index in [1.165, 1.54) is 6.07 Å². The number of nitrogens with zero attached hydrogens (tertiary/aromatic N) is 1. The second-order valence-corrected chi connectivity index (χ2v) is 4.89. The standard InChI is InChI=1S/C13H15ClFNO2/c14-10-3-1-4-11(15)9(10)6-8-16-7-2-5-12(16)13(17)18/h1,3-4,12H,2,5-8H2,(H,17,18)/t12-/m0/s1. The van der Waals surface area contributed by atoms with Crippen molar-refractivity contribution >= 4 is 17.6 Å². The number of hydrogen-bond donors (Lipinski definition) is 1. The number of rotatable bonds is 4. The lowest BCUT2D eigenvalue weighted by atomic mass is 10.1. The maximum absolute atomic E-state index is 13.6. The van der Waals surface area contributed by atoms with Crippen molar-refractivity contribution in [2.45, 2.75) is 25.3 Å². The summed E-state index contributed by atoms with van der Waals surface area (Å²) in [4.78, 5) is 12.9. The fourth-order valence-electron chi connectivity index (χ4n) is 2.40. The summed E-state index contributed by atoms with van der Waals surface area (Å²) in [6.07, 6.45) is 1.98. The minimum atomic E-state index is -0.799. The number of halogens is 2. The van der Waals surface area contributed by atoms with Crippen molar-refractivity contribution in [3.8, 4) is 0 Å². The number of carboxylic acid groups (broad SMARTS) is 1. The molecule has 1 aromatic rings. The molecule has 1 aromatic carbocycles. The fourth-order valence-corrected chi connectivity index (χ4v) is 2.66. The third-order valence-corrected chi connectivity index (χ3v) is 3.71. The first kappa shape index (κ1) is 13.3. The first-order valence-electron chi connectivity index (χ1n) is 5.99. The molecule has 0 aromatic heterocycles. The average molecular weight is 272 g/mol. The van der Waals surface area contributed by atoms with Gasteiger partial charge in [0.1, 0.15) is 11.9 Å². The lowest BCUT2D eigenvalue weighted by Gasteiger charge is -2.21. The van der Waals surface area contributed by atoms with Crippen molar-refractivity contribution in [2.24, 2.45) is 0 Å². The Morgan fingerprint density at radius 2 is 2.33 bits per heavy atom. The van der Waals surface area contributed by atoms with Crippen LogP contribution >= 0.6 is 11.6 Å². The molecule has 1 aliphatic rings. The average Bonchev–Trinajstić information content (AvgIpc) is 2.76. The van der Waals surface area contributed by atoms with Gasteiger partial charge in [0.2, 0.25) is 0 Å². The molecule has 18 heavy (non-hydrogen) atoms. The number of likely N-dealkylation sites (tertiary alicyclic amines) is 1. The van der Waals surface area contributed by atoms with Crippen LogP contribution in [-0.4, -0.2) is 35.1 Å². The molecule has 1 saturated heterocycles. The number of carbonyl (C=O) groups is 1. The molecule has 1 N–H and O–H groups in total. The van der Waals surface area contributed by atoms with E-state index in [0.717, 1.165) is 13.0 Å². The van der Waals surface area contributed by atoms with Gasteiger partial charge in [0.05, 0.1) is 0 Å². The van der Waals surface area contributed by atoms with E-state index in [4.69, 9.17) is 16.7 Å². The van der Waals surface area contributed by atoms with Gasteiger partial charge in [-0.2, -0.15) is 0 Å². The highest BCUT2D eigenvalue weighted by Crippen LogP contribution is 2.22. The number of hydrogen-bond acceptors (Lipinski definition) is 2. The summed E-state index contributed by atoms with van der Waals surface area (Å²) in [5.41, 5.74) is 0.468. The van der Waals surface area contributed by atoms with Crippen molar-refractivity contribution < 1.29 is 14.3 Å². The number of benzene rings is 1. The van der Waals surface area contributed by atoms with E-state index in [1.807, 2.05) is 4.90 Å². The third-order valence-electron chi connectivity index (χ3n) is 3.36. The van der Waals surface area contributed by atoms with E-state index in [1.54, 1.807) is 12.1 Å². The Bertz CT molecular complexity index is 432. The van der Waals surface area contributed by atoms with Crippen LogP contribution in [0.1, 0.15) is 18.4 Å². The second kappa shape index (κ2) is 5.67. The first-order chi connectivity index (χ1) is 8.59. The molecule has 2 rings (SSSR count). The Kier molecular flexibility index (Phi) is 4.19. The number of carboxylic acids is 1. The molecule has 1 atom stereocenters. The van der Waals surface area contributed by atoms with Crippen LogP contribution in [0.2, 0.25) is 5.02 Å². The zero-order valence-corrected chi connectivity index (χ0v) is 10.7. The van der Waals surface area contributed by atoms with Crippen LogP contribution in [0.15, 0.2) is 18.2 Å². The smallest absolute Gasteiger partial charge is 0.320 e. The zero-order valence-electron chi connectivity index (χ0n) is 9.90. The van der Waals surface area contributed by atoms with E-state index in [0.29, 0.717) is 30.0 Å². The van der Waals surface area contributed by atoms with Crippen molar-refractivity contribution in [3.63, 3.8) is 0 Å². The van der Waals surface area contributed by atoms with Gasteiger partial charge in [0.25, 0.3) is 0 Å². The molecule has 0 saturated carbocycles. The number of aliphatic carboxylic acids is 1. The van der Waals surface area contributed by atoms with Gasteiger partial charge in [-0.25, -0.2) is 4.39 Å². The van der Waals surface area contributed by atoms with E-state index in [2.05, 4.69) is 0 Å². The predicted molar refractivity (Wildman–Crippen MR) is 67.3 cm³/mol. The topological polar surface area (TPSA) is 40.5 Å². The minimum absolute atomic E-state index is 0.325. The Hall–Kier alpha value is -1.13. The van der Waals surface area contributed by atoms with E-state index in [9.17, 15) is 9.18 Å². The molecule has 1 aliphatic heterocycles. The summed E-state index contributed by atoms with van der Waals surface area (Å²) in [5.74, 6) is -1.12. The van der Waals surface area contributed by atoms with Gasteiger partial charge in [0.15, 0.2) is 0 Å². The minimum Gasteiger partial charge on any atom is -0.480 e. The lowest BCUT2D eigenvalue weighted by Crippen LogP contribution is -2.37. The molecule has 1 fully saturated rings. The van der Waals surface area contributed by atoms with Crippen LogP contribution < -0.4 is 0 Å². The van der Waals surface area contributed by atoms with Crippen LogP contribution in [0.3, 0.4) is 0 Å². The van der Waals surface area contributed by atoms with Crippen molar-refractivity contribution in [3.05, 3.63) is 34.6 Å². The Labute approximate surface area is 110 Å². The third kappa shape index (κ3) is 2.82. The molecule has 98 valence electrons. The molecule has 0 amide bonds. The maximum atomic E-state index is 13.6. The first-order valence-corrected chi connectivity index (χ1v) is 6.37. The summed E-state index contributed by atoms with van der Waals surface area (Å²) in [7, 11) is 0. The van der Waals surface area contributed by atoms with Crippen molar-refractivity contribution in [1.29, 1.82) is 0 Å². The van der Waals surface area contributed by atoms with E-state index in [-0.39, 0.29) is 5.82 Å². The molecule has 0 unspecified atom stereocenters. The second-order valence-electron chi connectivity index (χ2n) is 4.48. The predicted octanol–water partition coefficient (Wildman–Crippen LogP) is 2.57. The van der Waals surface area contributed by atoms with E-state index < -0.39 is 12.0 Å². The quantitative estimate of drug-likeness (QED) is 0.915. The Balaban J connectivity index is 2.01. The molecule has 1 heterocycles. The SMILES string of the molecule is O=C(O)[C@@H]1CCCN1CCc1c(F)cccc1Cl. The normalized spacial score (nSPS) is 20.2. The molecule has 0 bridgehead atoms. The highest BCUT2D eigenvalue weighted by molar-refractivity contribution is 6.31. The largest absolute Gasteiger partial charge is 0.480 e.